The van der Waals surface area contributed by atoms with Gasteiger partial charge in [0.2, 0.25) is 0 Å². The Hall–Kier alpha value is 0. The van der Waals surface area contributed by atoms with Crippen LogP contribution in [0, 0.1) is 40.9 Å². The molecule has 4 saturated carbocycles. The molecule has 6 atom stereocenters. The lowest BCUT2D eigenvalue weighted by atomic mass is 9.62. The Morgan fingerprint density at radius 3 is 2.36 bits per heavy atom. The molecule has 4 fully saturated rings. The van der Waals surface area contributed by atoms with Gasteiger partial charge in [0.1, 0.15) is 0 Å². The molecule has 0 spiro atoms. The maximum Gasteiger partial charge on any atom is -0.0318 e. The van der Waals surface area contributed by atoms with E-state index < -0.39 is 0 Å². The molecule has 14 heavy (non-hydrogen) atoms. The summed E-state index contributed by atoms with van der Waals surface area (Å²) in [6.45, 7) is 5.08. The van der Waals surface area contributed by atoms with Crippen LogP contribution in [-0.4, -0.2) is 0 Å². The van der Waals surface area contributed by atoms with E-state index in [-0.39, 0.29) is 0 Å². The average molecular weight is 190 g/mol. The van der Waals surface area contributed by atoms with E-state index in [1.807, 2.05) is 0 Å². The SMILES string of the molecule is CC1(C)CC2CC1C1C3CCC(C3)C21. The third-order valence-corrected chi connectivity index (χ3v) is 6.40. The first-order valence-corrected chi connectivity index (χ1v) is 6.67. The van der Waals surface area contributed by atoms with E-state index in [9.17, 15) is 0 Å². The topological polar surface area (TPSA) is 0 Å². The highest BCUT2D eigenvalue weighted by Crippen LogP contribution is 2.71. The standard InChI is InChI=1S/C14H22/c1-14(2)7-10-6-11(14)13-9-4-3-8(5-9)12(10)13/h8-13H,3-7H2,1-2H3. The Kier molecular flexibility index (Phi) is 1.30. The minimum absolute atomic E-state index is 0.705. The fraction of sp³-hybridized carbons (Fsp3) is 1.00. The molecule has 4 rings (SSSR count). The van der Waals surface area contributed by atoms with Crippen molar-refractivity contribution in [2.45, 2.75) is 46.0 Å². The van der Waals surface area contributed by atoms with Crippen molar-refractivity contribution in [2.75, 3.05) is 0 Å². The van der Waals surface area contributed by atoms with E-state index in [0.29, 0.717) is 5.41 Å². The second-order valence-electron chi connectivity index (χ2n) is 7.28. The van der Waals surface area contributed by atoms with Crippen LogP contribution in [0.5, 0.6) is 0 Å². The van der Waals surface area contributed by atoms with E-state index in [2.05, 4.69) is 13.8 Å². The molecule has 6 unspecified atom stereocenters. The number of hydrogen-bond donors (Lipinski definition) is 0. The largest absolute Gasteiger partial charge is 0.0596 e. The Labute approximate surface area is 87.5 Å². The van der Waals surface area contributed by atoms with Crippen LogP contribution in [0.4, 0.5) is 0 Å². The second-order valence-corrected chi connectivity index (χ2v) is 7.28. The van der Waals surface area contributed by atoms with E-state index in [1.54, 1.807) is 32.1 Å². The number of rotatable bonds is 0. The summed E-state index contributed by atoms with van der Waals surface area (Å²) >= 11 is 0. The minimum Gasteiger partial charge on any atom is -0.0596 e. The average Bonchev–Trinajstić information content (AvgIpc) is 2.73. The van der Waals surface area contributed by atoms with Crippen LogP contribution < -0.4 is 0 Å². The first-order chi connectivity index (χ1) is 6.67. The molecule has 78 valence electrons. The molecule has 4 aliphatic rings. The normalized spacial score (nSPS) is 62.1. The van der Waals surface area contributed by atoms with Gasteiger partial charge < -0.3 is 0 Å². The lowest BCUT2D eigenvalue weighted by Crippen LogP contribution is -2.36. The molecule has 0 heterocycles. The minimum atomic E-state index is 0.705. The van der Waals surface area contributed by atoms with Crippen LogP contribution >= 0.6 is 0 Å². The molecule has 4 aliphatic carbocycles. The highest BCUT2D eigenvalue weighted by atomic mass is 14.7. The first-order valence-electron chi connectivity index (χ1n) is 6.67. The van der Waals surface area contributed by atoms with Gasteiger partial charge in [0.05, 0.1) is 0 Å². The van der Waals surface area contributed by atoms with Crippen molar-refractivity contribution in [1.29, 1.82) is 0 Å². The van der Waals surface area contributed by atoms with Gasteiger partial charge >= 0.3 is 0 Å². The van der Waals surface area contributed by atoms with Crippen molar-refractivity contribution >= 4 is 0 Å². The maximum atomic E-state index is 2.54. The summed E-state index contributed by atoms with van der Waals surface area (Å²) in [6.07, 6.45) is 7.97. The van der Waals surface area contributed by atoms with Gasteiger partial charge in [-0.1, -0.05) is 13.8 Å². The van der Waals surface area contributed by atoms with E-state index in [1.165, 1.54) is 23.7 Å². The molecule has 4 bridgehead atoms. The highest BCUT2D eigenvalue weighted by Gasteiger charge is 2.64. The van der Waals surface area contributed by atoms with E-state index in [4.69, 9.17) is 0 Å². The molecule has 0 aromatic heterocycles. The summed E-state index contributed by atoms with van der Waals surface area (Å²) in [5, 5.41) is 0. The molecule has 0 aliphatic heterocycles. The third-order valence-electron chi connectivity index (χ3n) is 6.40. The summed E-state index contributed by atoms with van der Waals surface area (Å²) in [6, 6.07) is 0. The Balaban J connectivity index is 1.75. The van der Waals surface area contributed by atoms with E-state index in [0.717, 1.165) is 11.8 Å². The quantitative estimate of drug-likeness (QED) is 0.511. The van der Waals surface area contributed by atoms with Crippen molar-refractivity contribution in [3.05, 3.63) is 0 Å². The molecular formula is C14H22. The summed E-state index contributed by atoms with van der Waals surface area (Å²) in [4.78, 5) is 0. The molecular weight excluding hydrogens is 168 g/mol. The zero-order chi connectivity index (χ0) is 9.50. The van der Waals surface area contributed by atoms with Crippen molar-refractivity contribution in [1.82, 2.24) is 0 Å². The summed E-state index contributed by atoms with van der Waals surface area (Å²) in [5.74, 6) is 6.99. The van der Waals surface area contributed by atoms with Crippen molar-refractivity contribution in [2.24, 2.45) is 40.9 Å². The predicted molar refractivity (Wildman–Crippen MR) is 57.8 cm³/mol. The zero-order valence-electron chi connectivity index (χ0n) is 9.50. The van der Waals surface area contributed by atoms with Gasteiger partial charge in [0.15, 0.2) is 0 Å². The van der Waals surface area contributed by atoms with Gasteiger partial charge in [-0.25, -0.2) is 0 Å². The van der Waals surface area contributed by atoms with Gasteiger partial charge in [0, 0.05) is 0 Å². The van der Waals surface area contributed by atoms with Crippen LogP contribution in [0.2, 0.25) is 0 Å². The van der Waals surface area contributed by atoms with Gasteiger partial charge in [-0.05, 0) is 73.0 Å². The van der Waals surface area contributed by atoms with E-state index >= 15 is 0 Å². The maximum absolute atomic E-state index is 2.54. The van der Waals surface area contributed by atoms with Crippen molar-refractivity contribution in [3.63, 3.8) is 0 Å². The molecule has 0 amide bonds. The molecule has 0 aromatic rings. The van der Waals surface area contributed by atoms with Crippen molar-refractivity contribution in [3.8, 4) is 0 Å². The Morgan fingerprint density at radius 1 is 0.857 bits per heavy atom. The molecule has 0 saturated heterocycles. The molecule has 0 aromatic carbocycles. The molecule has 0 N–H and O–H groups in total. The lowest BCUT2D eigenvalue weighted by Gasteiger charge is -2.43. The molecule has 0 heteroatoms. The summed E-state index contributed by atoms with van der Waals surface area (Å²) in [7, 11) is 0. The van der Waals surface area contributed by atoms with Gasteiger partial charge in [-0.15, -0.1) is 0 Å². The number of hydrogen-bond acceptors (Lipinski definition) is 0. The van der Waals surface area contributed by atoms with Crippen LogP contribution in [-0.2, 0) is 0 Å². The number of fused-ring (bicyclic) bond motifs is 9. The van der Waals surface area contributed by atoms with Gasteiger partial charge in [-0.2, -0.15) is 0 Å². The van der Waals surface area contributed by atoms with Gasteiger partial charge in [-0.3, -0.25) is 0 Å². The van der Waals surface area contributed by atoms with Crippen LogP contribution in [0.1, 0.15) is 46.0 Å². The molecule has 0 radical (unpaired) electrons. The third kappa shape index (κ3) is 0.750. The van der Waals surface area contributed by atoms with Crippen molar-refractivity contribution < 1.29 is 0 Å². The Morgan fingerprint density at radius 2 is 1.57 bits per heavy atom. The fourth-order valence-electron chi connectivity index (χ4n) is 6.20. The van der Waals surface area contributed by atoms with Gasteiger partial charge in [0.25, 0.3) is 0 Å². The monoisotopic (exact) mass is 190 g/mol. The van der Waals surface area contributed by atoms with Crippen LogP contribution in [0.25, 0.3) is 0 Å². The zero-order valence-corrected chi connectivity index (χ0v) is 9.50. The summed E-state index contributed by atoms with van der Waals surface area (Å²) in [5.41, 5.74) is 0.705. The fourth-order valence-corrected chi connectivity index (χ4v) is 6.20. The first kappa shape index (κ1) is 8.19. The smallest absolute Gasteiger partial charge is 0.0318 e. The second kappa shape index (κ2) is 2.23. The molecule has 0 nitrogen and oxygen atoms in total. The Bertz CT molecular complexity index is 278. The predicted octanol–water partition coefficient (Wildman–Crippen LogP) is 3.71. The van der Waals surface area contributed by atoms with Crippen LogP contribution in [0.3, 0.4) is 0 Å². The van der Waals surface area contributed by atoms with Crippen LogP contribution in [0.15, 0.2) is 0 Å². The highest BCUT2D eigenvalue weighted by molar-refractivity contribution is 5.12. The summed E-state index contributed by atoms with van der Waals surface area (Å²) < 4.78 is 0. The lowest BCUT2D eigenvalue weighted by molar-refractivity contribution is 0.0583.